The molecule has 0 N–H and O–H groups in total. The van der Waals surface area contributed by atoms with Gasteiger partial charge in [0, 0.05) is 25.3 Å². The smallest absolute Gasteiger partial charge is 0.239 e. The maximum absolute atomic E-state index is 12.9. The molecule has 0 radical (unpaired) electrons. The van der Waals surface area contributed by atoms with Crippen LogP contribution in [-0.4, -0.2) is 70.4 Å². The molecule has 0 bridgehead atoms. The first-order valence-electron chi connectivity index (χ1n) is 8.69. The highest BCUT2D eigenvalue weighted by atomic mass is 16.5. The van der Waals surface area contributed by atoms with Crippen LogP contribution in [0.2, 0.25) is 0 Å². The van der Waals surface area contributed by atoms with Crippen LogP contribution >= 0.6 is 0 Å². The number of carbonyl (C=O) groups is 1. The fourth-order valence-electron chi connectivity index (χ4n) is 3.74. The summed E-state index contributed by atoms with van der Waals surface area (Å²) in [5.74, 6) is 0.260. The molecule has 0 spiro atoms. The van der Waals surface area contributed by atoms with E-state index in [1.807, 2.05) is 18.5 Å². The van der Waals surface area contributed by atoms with Crippen LogP contribution in [0.15, 0.2) is 6.07 Å². The standard InChI is InChI=1S/C17H28N4O2/c1-13-11-14(2)21(18-13)12-16-5-4-6-20(16)17(22)15(3)19-7-9-23-10-8-19/h11,15-16H,4-10,12H2,1-3H3/t15-,16-/m1/s1. The van der Waals surface area contributed by atoms with E-state index in [2.05, 4.69) is 27.9 Å². The van der Waals surface area contributed by atoms with E-state index in [1.54, 1.807) is 0 Å². The minimum atomic E-state index is -0.0556. The van der Waals surface area contributed by atoms with Gasteiger partial charge in [-0.15, -0.1) is 0 Å². The van der Waals surface area contributed by atoms with Crippen molar-refractivity contribution < 1.29 is 9.53 Å². The van der Waals surface area contributed by atoms with Crippen molar-refractivity contribution in [3.05, 3.63) is 17.5 Å². The van der Waals surface area contributed by atoms with Gasteiger partial charge >= 0.3 is 0 Å². The van der Waals surface area contributed by atoms with Gasteiger partial charge in [-0.05, 0) is 39.7 Å². The molecule has 6 heteroatoms. The molecule has 2 atom stereocenters. The molecule has 0 aromatic carbocycles. The van der Waals surface area contributed by atoms with Gasteiger partial charge in [0.15, 0.2) is 0 Å². The highest BCUT2D eigenvalue weighted by Gasteiger charge is 2.34. The van der Waals surface area contributed by atoms with Crippen LogP contribution in [0, 0.1) is 13.8 Å². The second-order valence-corrected chi connectivity index (χ2v) is 6.76. The van der Waals surface area contributed by atoms with Gasteiger partial charge in [0.25, 0.3) is 0 Å². The number of rotatable bonds is 4. The van der Waals surface area contributed by atoms with Gasteiger partial charge in [-0.2, -0.15) is 5.10 Å². The van der Waals surface area contributed by atoms with Gasteiger partial charge in [0.1, 0.15) is 0 Å². The first kappa shape index (κ1) is 16.5. The van der Waals surface area contributed by atoms with E-state index in [1.165, 1.54) is 5.69 Å². The predicted octanol–water partition coefficient (Wildman–Crippen LogP) is 1.21. The molecule has 0 saturated carbocycles. The van der Waals surface area contributed by atoms with Crippen LogP contribution in [0.4, 0.5) is 0 Å². The SMILES string of the molecule is Cc1cc(C)n(C[C@H]2CCCN2C(=O)[C@@H](C)N2CCOCC2)n1. The Hall–Kier alpha value is -1.40. The molecule has 1 aromatic rings. The molecule has 0 unspecified atom stereocenters. The lowest BCUT2D eigenvalue weighted by Crippen LogP contribution is -2.52. The Labute approximate surface area is 138 Å². The Morgan fingerprint density at radius 3 is 2.74 bits per heavy atom. The van der Waals surface area contributed by atoms with Crippen molar-refractivity contribution in [2.75, 3.05) is 32.8 Å². The van der Waals surface area contributed by atoms with Crippen LogP contribution in [0.25, 0.3) is 0 Å². The van der Waals surface area contributed by atoms with Gasteiger partial charge in [0.2, 0.25) is 5.91 Å². The van der Waals surface area contributed by atoms with E-state index in [0.29, 0.717) is 0 Å². The number of likely N-dealkylation sites (tertiary alicyclic amines) is 1. The number of hydrogen-bond acceptors (Lipinski definition) is 4. The first-order chi connectivity index (χ1) is 11.1. The Kier molecular flexibility index (Phi) is 5.02. The molecule has 128 valence electrons. The van der Waals surface area contributed by atoms with Crippen molar-refractivity contribution in [1.82, 2.24) is 19.6 Å². The normalized spacial score (nSPS) is 24.1. The molecule has 1 amide bonds. The fraction of sp³-hybridized carbons (Fsp3) is 0.765. The highest BCUT2D eigenvalue weighted by Crippen LogP contribution is 2.22. The van der Waals surface area contributed by atoms with E-state index in [9.17, 15) is 4.79 Å². The molecule has 0 aliphatic carbocycles. The zero-order chi connectivity index (χ0) is 16.4. The molecule has 2 aliphatic heterocycles. The number of morpholine rings is 1. The molecule has 2 fully saturated rings. The lowest BCUT2D eigenvalue weighted by Gasteiger charge is -2.35. The van der Waals surface area contributed by atoms with Crippen molar-refractivity contribution in [1.29, 1.82) is 0 Å². The third-order valence-corrected chi connectivity index (χ3v) is 5.10. The number of aryl methyl sites for hydroxylation is 2. The third kappa shape index (κ3) is 3.58. The van der Waals surface area contributed by atoms with Gasteiger partial charge in [-0.1, -0.05) is 0 Å². The summed E-state index contributed by atoms with van der Waals surface area (Å²) >= 11 is 0. The number of ether oxygens (including phenoxy) is 1. The lowest BCUT2D eigenvalue weighted by atomic mass is 10.2. The predicted molar refractivity (Wildman–Crippen MR) is 88.3 cm³/mol. The summed E-state index contributed by atoms with van der Waals surface area (Å²) in [6.45, 7) is 11.0. The van der Waals surface area contributed by atoms with Crippen LogP contribution < -0.4 is 0 Å². The Balaban J connectivity index is 1.65. The van der Waals surface area contributed by atoms with Gasteiger partial charge < -0.3 is 9.64 Å². The van der Waals surface area contributed by atoms with Crippen molar-refractivity contribution in [3.63, 3.8) is 0 Å². The fourth-order valence-corrected chi connectivity index (χ4v) is 3.74. The molecule has 2 aliphatic rings. The van der Waals surface area contributed by atoms with Crippen molar-refractivity contribution in [3.8, 4) is 0 Å². The molecule has 2 saturated heterocycles. The van der Waals surface area contributed by atoms with Crippen LogP contribution in [0.1, 0.15) is 31.2 Å². The number of aromatic nitrogens is 2. The molecule has 3 heterocycles. The van der Waals surface area contributed by atoms with E-state index < -0.39 is 0 Å². The molecule has 23 heavy (non-hydrogen) atoms. The zero-order valence-electron chi connectivity index (χ0n) is 14.5. The molecule has 1 aromatic heterocycles. The number of carbonyl (C=O) groups excluding carboxylic acids is 1. The largest absolute Gasteiger partial charge is 0.379 e. The molecular weight excluding hydrogens is 292 g/mol. The summed E-state index contributed by atoms with van der Waals surface area (Å²) in [5.41, 5.74) is 2.21. The van der Waals surface area contributed by atoms with Crippen LogP contribution in [0.3, 0.4) is 0 Å². The second kappa shape index (κ2) is 7.01. The molecule has 6 nitrogen and oxygen atoms in total. The molecule has 3 rings (SSSR count). The van der Waals surface area contributed by atoms with Crippen molar-refractivity contribution in [2.24, 2.45) is 0 Å². The highest BCUT2D eigenvalue weighted by molar-refractivity contribution is 5.82. The average Bonchev–Trinajstić information content (AvgIpc) is 3.13. The monoisotopic (exact) mass is 320 g/mol. The van der Waals surface area contributed by atoms with Crippen molar-refractivity contribution in [2.45, 2.75) is 52.2 Å². The second-order valence-electron chi connectivity index (χ2n) is 6.76. The van der Waals surface area contributed by atoms with E-state index >= 15 is 0 Å². The summed E-state index contributed by atoms with van der Waals surface area (Å²) in [6.07, 6.45) is 2.16. The third-order valence-electron chi connectivity index (χ3n) is 5.10. The summed E-state index contributed by atoms with van der Waals surface area (Å²) < 4.78 is 7.44. The van der Waals surface area contributed by atoms with Crippen LogP contribution in [-0.2, 0) is 16.1 Å². The quantitative estimate of drug-likeness (QED) is 0.837. The average molecular weight is 320 g/mol. The zero-order valence-corrected chi connectivity index (χ0v) is 14.5. The number of nitrogens with zero attached hydrogens (tertiary/aromatic N) is 4. The summed E-state index contributed by atoms with van der Waals surface area (Å²) in [4.78, 5) is 17.3. The van der Waals surface area contributed by atoms with Gasteiger partial charge in [0.05, 0.1) is 37.5 Å². The summed E-state index contributed by atoms with van der Waals surface area (Å²) in [6, 6.07) is 2.31. The maximum Gasteiger partial charge on any atom is 0.239 e. The van der Waals surface area contributed by atoms with Crippen molar-refractivity contribution >= 4 is 5.91 Å². The maximum atomic E-state index is 12.9. The summed E-state index contributed by atoms with van der Waals surface area (Å²) in [5, 5.41) is 4.55. The Morgan fingerprint density at radius 1 is 1.35 bits per heavy atom. The first-order valence-corrected chi connectivity index (χ1v) is 8.69. The van der Waals surface area contributed by atoms with Crippen LogP contribution in [0.5, 0.6) is 0 Å². The minimum Gasteiger partial charge on any atom is -0.379 e. The van der Waals surface area contributed by atoms with E-state index in [0.717, 1.165) is 57.9 Å². The molecular formula is C17H28N4O2. The van der Waals surface area contributed by atoms with Gasteiger partial charge in [-0.25, -0.2) is 0 Å². The topological polar surface area (TPSA) is 50.6 Å². The summed E-state index contributed by atoms with van der Waals surface area (Å²) in [7, 11) is 0. The number of hydrogen-bond donors (Lipinski definition) is 0. The Bertz CT molecular complexity index is 551. The van der Waals surface area contributed by atoms with E-state index in [4.69, 9.17) is 4.74 Å². The van der Waals surface area contributed by atoms with E-state index in [-0.39, 0.29) is 18.0 Å². The number of amides is 1. The minimum absolute atomic E-state index is 0.0556. The Morgan fingerprint density at radius 2 is 2.09 bits per heavy atom. The lowest BCUT2D eigenvalue weighted by molar-refractivity contribution is -0.139. The van der Waals surface area contributed by atoms with Gasteiger partial charge in [-0.3, -0.25) is 14.4 Å².